The molecule has 0 spiro atoms. The van der Waals surface area contributed by atoms with Crippen molar-refractivity contribution in [3.8, 4) is 0 Å². The lowest BCUT2D eigenvalue weighted by Gasteiger charge is -2.28. The van der Waals surface area contributed by atoms with Crippen LogP contribution in [0, 0.1) is 5.92 Å². The molecule has 0 radical (unpaired) electrons. The minimum absolute atomic E-state index is 0.212. The third kappa shape index (κ3) is 2.80. The van der Waals surface area contributed by atoms with Crippen LogP contribution in [0.4, 0.5) is 0 Å². The molecule has 3 N–H and O–H groups in total. The summed E-state index contributed by atoms with van der Waals surface area (Å²) in [5.74, 6) is -1.68. The molecular formula is C15H17N3O4. The number of hydrogen-bond acceptors (Lipinski definition) is 4. The Kier molecular flexibility index (Phi) is 4.06. The summed E-state index contributed by atoms with van der Waals surface area (Å²) in [5.41, 5.74) is 0.988. The molecule has 1 fully saturated rings. The van der Waals surface area contributed by atoms with Crippen molar-refractivity contribution in [3.05, 3.63) is 30.0 Å². The highest BCUT2D eigenvalue weighted by atomic mass is 16.5. The molecule has 1 aliphatic heterocycles. The number of ether oxygens (including phenoxy) is 1. The third-order valence-electron chi connectivity index (χ3n) is 3.94. The molecule has 2 atom stereocenters. The fourth-order valence-corrected chi connectivity index (χ4v) is 2.79. The monoisotopic (exact) mass is 303 g/mol. The van der Waals surface area contributed by atoms with Gasteiger partial charge in [0.1, 0.15) is 6.04 Å². The first-order chi connectivity index (χ1) is 10.7. The van der Waals surface area contributed by atoms with Crippen LogP contribution in [-0.4, -0.2) is 46.4 Å². The second kappa shape index (κ2) is 6.15. The lowest BCUT2D eigenvalue weighted by Crippen LogP contribution is -2.48. The van der Waals surface area contributed by atoms with Crippen molar-refractivity contribution in [2.45, 2.75) is 18.9 Å². The first-order valence-corrected chi connectivity index (χ1v) is 7.20. The van der Waals surface area contributed by atoms with Gasteiger partial charge < -0.3 is 15.2 Å². The standard InChI is InChI=1S/C15H17N3O4/c19-14(11-5-1-3-9-7-16-18-12(9)11)17-13(15(20)21)10-4-2-6-22-8-10/h1,3,5,7,10,13H,2,4,6,8H2,(H,16,18)(H,17,19)(H,20,21). The van der Waals surface area contributed by atoms with Crippen LogP contribution < -0.4 is 5.32 Å². The van der Waals surface area contributed by atoms with E-state index in [0.29, 0.717) is 24.3 Å². The number of amides is 1. The average Bonchev–Trinajstić information content (AvgIpc) is 3.01. The molecule has 1 aliphatic rings. The molecule has 116 valence electrons. The van der Waals surface area contributed by atoms with Crippen LogP contribution in [0.5, 0.6) is 0 Å². The van der Waals surface area contributed by atoms with E-state index >= 15 is 0 Å². The lowest BCUT2D eigenvalue weighted by molar-refractivity contribution is -0.142. The molecule has 0 bridgehead atoms. The highest BCUT2D eigenvalue weighted by molar-refractivity contribution is 6.06. The number of carboxylic acids is 1. The third-order valence-corrected chi connectivity index (χ3v) is 3.94. The number of hydrogen-bond donors (Lipinski definition) is 3. The quantitative estimate of drug-likeness (QED) is 0.786. The maximum atomic E-state index is 12.5. The van der Waals surface area contributed by atoms with Gasteiger partial charge in [0.15, 0.2) is 0 Å². The molecule has 0 saturated carbocycles. The van der Waals surface area contributed by atoms with Crippen molar-refractivity contribution < 1.29 is 19.4 Å². The van der Waals surface area contributed by atoms with Gasteiger partial charge in [-0.05, 0) is 18.9 Å². The molecule has 2 unspecified atom stereocenters. The maximum absolute atomic E-state index is 12.5. The summed E-state index contributed by atoms with van der Waals surface area (Å²) < 4.78 is 5.33. The Balaban J connectivity index is 1.81. The van der Waals surface area contributed by atoms with E-state index in [1.54, 1.807) is 18.3 Å². The Morgan fingerprint density at radius 3 is 3.05 bits per heavy atom. The van der Waals surface area contributed by atoms with E-state index in [4.69, 9.17) is 4.74 Å². The number of benzene rings is 1. The number of rotatable bonds is 4. The number of nitrogens with one attached hydrogen (secondary N) is 2. The van der Waals surface area contributed by atoms with Gasteiger partial charge in [-0.25, -0.2) is 4.79 Å². The SMILES string of the molecule is O=C(NC(C(=O)O)C1CCCOC1)c1cccc2cn[nH]c12. The molecule has 1 amide bonds. The number of fused-ring (bicyclic) bond motifs is 1. The second-order valence-electron chi connectivity index (χ2n) is 5.41. The van der Waals surface area contributed by atoms with Gasteiger partial charge in [-0.3, -0.25) is 9.89 Å². The zero-order valence-electron chi connectivity index (χ0n) is 11.9. The van der Waals surface area contributed by atoms with Gasteiger partial charge in [0.25, 0.3) is 5.91 Å². The van der Waals surface area contributed by atoms with Gasteiger partial charge in [-0.2, -0.15) is 5.10 Å². The first-order valence-electron chi connectivity index (χ1n) is 7.20. The van der Waals surface area contributed by atoms with E-state index in [9.17, 15) is 14.7 Å². The predicted molar refractivity (Wildman–Crippen MR) is 78.5 cm³/mol. The highest BCUT2D eigenvalue weighted by Gasteiger charge is 2.31. The normalized spacial score (nSPS) is 19.7. The van der Waals surface area contributed by atoms with Crippen LogP contribution in [0.15, 0.2) is 24.4 Å². The predicted octanol–water partition coefficient (Wildman–Crippen LogP) is 1.17. The zero-order chi connectivity index (χ0) is 15.5. The number of carbonyl (C=O) groups is 2. The number of H-pyrrole nitrogens is 1. The number of aromatic nitrogens is 2. The summed E-state index contributed by atoms with van der Waals surface area (Å²) in [7, 11) is 0. The minimum Gasteiger partial charge on any atom is -0.480 e. The van der Waals surface area contributed by atoms with E-state index in [1.165, 1.54) is 0 Å². The minimum atomic E-state index is -1.04. The van der Waals surface area contributed by atoms with E-state index in [2.05, 4.69) is 15.5 Å². The molecule has 3 rings (SSSR count). The van der Waals surface area contributed by atoms with Gasteiger partial charge in [-0.1, -0.05) is 12.1 Å². The van der Waals surface area contributed by atoms with E-state index in [0.717, 1.165) is 18.2 Å². The van der Waals surface area contributed by atoms with Crippen molar-refractivity contribution in [2.75, 3.05) is 13.2 Å². The van der Waals surface area contributed by atoms with Gasteiger partial charge in [-0.15, -0.1) is 0 Å². The topological polar surface area (TPSA) is 104 Å². The number of carbonyl (C=O) groups excluding carboxylic acids is 1. The molecule has 7 heteroatoms. The molecule has 1 saturated heterocycles. The summed E-state index contributed by atoms with van der Waals surface area (Å²) in [6.45, 7) is 0.996. The lowest BCUT2D eigenvalue weighted by atomic mass is 9.93. The molecule has 22 heavy (non-hydrogen) atoms. The number of aromatic amines is 1. The summed E-state index contributed by atoms with van der Waals surface area (Å²) in [4.78, 5) is 23.9. The van der Waals surface area contributed by atoms with Gasteiger partial charge in [0, 0.05) is 17.9 Å². The molecule has 0 aliphatic carbocycles. The van der Waals surface area contributed by atoms with Crippen molar-refractivity contribution in [1.82, 2.24) is 15.5 Å². The number of para-hydroxylation sites is 1. The Morgan fingerprint density at radius 1 is 1.45 bits per heavy atom. The van der Waals surface area contributed by atoms with Crippen LogP contribution in [0.2, 0.25) is 0 Å². The summed E-state index contributed by atoms with van der Waals surface area (Å²) >= 11 is 0. The Labute approximate surface area is 126 Å². The van der Waals surface area contributed by atoms with Gasteiger partial charge in [0.05, 0.1) is 23.9 Å². The average molecular weight is 303 g/mol. The summed E-state index contributed by atoms with van der Waals surface area (Å²) in [6.07, 6.45) is 3.15. The number of aliphatic carboxylic acids is 1. The number of carboxylic acid groups (broad SMARTS) is 1. The maximum Gasteiger partial charge on any atom is 0.326 e. The van der Waals surface area contributed by atoms with Gasteiger partial charge >= 0.3 is 5.97 Å². The van der Waals surface area contributed by atoms with E-state index in [-0.39, 0.29) is 5.92 Å². The molecule has 2 heterocycles. The van der Waals surface area contributed by atoms with Crippen molar-refractivity contribution in [3.63, 3.8) is 0 Å². The molecule has 1 aromatic carbocycles. The molecule has 2 aromatic rings. The largest absolute Gasteiger partial charge is 0.480 e. The Bertz CT molecular complexity index is 691. The molecule has 1 aromatic heterocycles. The van der Waals surface area contributed by atoms with Crippen LogP contribution in [0.3, 0.4) is 0 Å². The van der Waals surface area contributed by atoms with E-state index < -0.39 is 17.9 Å². The fraction of sp³-hybridized carbons (Fsp3) is 0.400. The van der Waals surface area contributed by atoms with Gasteiger partial charge in [0.2, 0.25) is 0 Å². The first kappa shape index (κ1) is 14.5. The highest BCUT2D eigenvalue weighted by Crippen LogP contribution is 2.20. The van der Waals surface area contributed by atoms with Crippen molar-refractivity contribution in [2.24, 2.45) is 5.92 Å². The molecular weight excluding hydrogens is 286 g/mol. The Hall–Kier alpha value is -2.41. The Morgan fingerprint density at radius 2 is 2.32 bits per heavy atom. The molecule has 7 nitrogen and oxygen atoms in total. The zero-order valence-corrected chi connectivity index (χ0v) is 11.9. The van der Waals surface area contributed by atoms with Crippen LogP contribution in [0.1, 0.15) is 23.2 Å². The fourth-order valence-electron chi connectivity index (χ4n) is 2.79. The van der Waals surface area contributed by atoms with E-state index in [1.807, 2.05) is 6.07 Å². The number of nitrogens with zero attached hydrogens (tertiary/aromatic N) is 1. The van der Waals surface area contributed by atoms with Crippen molar-refractivity contribution in [1.29, 1.82) is 0 Å². The van der Waals surface area contributed by atoms with Crippen molar-refractivity contribution >= 4 is 22.8 Å². The smallest absolute Gasteiger partial charge is 0.326 e. The van der Waals surface area contributed by atoms with Crippen LogP contribution >= 0.6 is 0 Å². The second-order valence-corrected chi connectivity index (χ2v) is 5.41. The van der Waals surface area contributed by atoms with Crippen LogP contribution in [0.25, 0.3) is 10.9 Å². The summed E-state index contributed by atoms with van der Waals surface area (Å²) in [6, 6.07) is 4.27. The van der Waals surface area contributed by atoms with Crippen LogP contribution in [-0.2, 0) is 9.53 Å². The summed E-state index contributed by atoms with van der Waals surface area (Å²) in [5, 5.41) is 19.5.